The quantitative estimate of drug-likeness (QED) is 0.237. The van der Waals surface area contributed by atoms with Gasteiger partial charge in [0, 0.05) is 70.5 Å². The number of piperazine rings is 1. The molecule has 19 heteroatoms. The van der Waals surface area contributed by atoms with E-state index in [1.54, 1.807) is 7.11 Å². The summed E-state index contributed by atoms with van der Waals surface area (Å²) in [4.78, 5) is 74.8. The summed E-state index contributed by atoms with van der Waals surface area (Å²) in [6, 6.07) is 7.13. The SMILES string of the molecule is COc1cc(OC2CCC(N3C=CC(N4CCC(CN5CCN(c6cc7c(cc6F)C(=O)N(C6CCC(=O)NC6=O)C7=O)CC5)CC4)=C(C(N)=O)N3)CC2)ccc1-c1ncon1. The minimum Gasteiger partial charge on any atom is -0.496 e. The van der Waals surface area contributed by atoms with E-state index in [1.165, 1.54) is 12.5 Å². The van der Waals surface area contributed by atoms with Crippen molar-refractivity contribution < 1.29 is 42.4 Å². The highest BCUT2D eigenvalue weighted by molar-refractivity contribution is 6.23. The maximum absolute atomic E-state index is 15.5. The van der Waals surface area contributed by atoms with Crippen molar-refractivity contribution in [3.05, 3.63) is 77.3 Å². The molecule has 0 radical (unpaired) electrons. The van der Waals surface area contributed by atoms with Gasteiger partial charge in [-0.25, -0.2) is 4.39 Å². The molecule has 9 rings (SSSR count). The molecule has 3 saturated heterocycles. The van der Waals surface area contributed by atoms with Crippen LogP contribution in [0.2, 0.25) is 0 Å². The number of methoxy groups -OCH3 is 1. The summed E-state index contributed by atoms with van der Waals surface area (Å²) < 4.78 is 32.3. The lowest BCUT2D eigenvalue weighted by Crippen LogP contribution is -2.54. The number of primary amides is 1. The minimum absolute atomic E-state index is 0.00965. The largest absolute Gasteiger partial charge is 0.496 e. The van der Waals surface area contributed by atoms with Crippen molar-refractivity contribution in [2.24, 2.45) is 11.7 Å². The number of allylic oxidation sites excluding steroid dienone is 1. The molecule has 62 heavy (non-hydrogen) atoms. The van der Waals surface area contributed by atoms with Crippen LogP contribution in [0.4, 0.5) is 10.1 Å². The monoisotopic (exact) mass is 852 g/mol. The number of fused-ring (bicyclic) bond motifs is 1. The second kappa shape index (κ2) is 17.1. The summed E-state index contributed by atoms with van der Waals surface area (Å²) >= 11 is 0. The van der Waals surface area contributed by atoms with Crippen molar-refractivity contribution >= 4 is 35.2 Å². The topological polar surface area (TPSA) is 209 Å². The van der Waals surface area contributed by atoms with Crippen molar-refractivity contribution in [3.8, 4) is 22.9 Å². The Morgan fingerprint density at radius 2 is 1.65 bits per heavy atom. The molecular weight excluding hydrogens is 804 g/mol. The van der Waals surface area contributed by atoms with Crippen molar-refractivity contribution in [2.75, 3.05) is 57.8 Å². The molecule has 6 aliphatic rings. The lowest BCUT2D eigenvalue weighted by molar-refractivity contribution is -0.136. The molecule has 5 amide bonds. The van der Waals surface area contributed by atoms with Crippen LogP contribution < -0.4 is 30.8 Å². The third-order valence-corrected chi connectivity index (χ3v) is 12.9. The summed E-state index contributed by atoms with van der Waals surface area (Å²) in [6.45, 7) is 4.91. The number of rotatable bonds is 11. The van der Waals surface area contributed by atoms with Gasteiger partial charge in [-0.3, -0.25) is 49.5 Å². The van der Waals surface area contributed by atoms with E-state index >= 15 is 4.39 Å². The molecule has 1 saturated carbocycles. The normalized spacial score (nSPS) is 23.7. The molecule has 0 spiro atoms. The Balaban J connectivity index is 0.739. The number of ether oxygens (including phenoxy) is 2. The number of nitrogens with two attached hydrogens (primary N) is 1. The zero-order chi connectivity index (χ0) is 43.1. The average Bonchev–Trinajstić information content (AvgIpc) is 3.90. The predicted molar refractivity (Wildman–Crippen MR) is 219 cm³/mol. The Morgan fingerprint density at radius 1 is 0.903 bits per heavy atom. The number of imide groups is 2. The fraction of sp³-hybridized carbons (Fsp3) is 0.465. The van der Waals surface area contributed by atoms with E-state index in [1.807, 2.05) is 40.4 Å². The number of likely N-dealkylation sites (tertiary alicyclic amines) is 1. The van der Waals surface area contributed by atoms with Crippen LogP contribution in [0.1, 0.15) is 72.1 Å². The van der Waals surface area contributed by atoms with Crippen molar-refractivity contribution in [3.63, 3.8) is 0 Å². The maximum Gasteiger partial charge on any atom is 0.268 e. The van der Waals surface area contributed by atoms with Crippen LogP contribution in [0.3, 0.4) is 0 Å². The molecule has 2 aromatic carbocycles. The van der Waals surface area contributed by atoms with Gasteiger partial charge >= 0.3 is 0 Å². The van der Waals surface area contributed by atoms with Crippen LogP contribution in [0.15, 0.2) is 64.9 Å². The number of benzene rings is 2. The number of halogens is 1. The molecule has 1 aromatic heterocycles. The number of piperidine rings is 2. The highest BCUT2D eigenvalue weighted by Crippen LogP contribution is 2.36. The number of hydrogen-bond acceptors (Lipinski definition) is 15. The van der Waals surface area contributed by atoms with Crippen LogP contribution in [-0.4, -0.2) is 130 Å². The van der Waals surface area contributed by atoms with E-state index in [2.05, 4.69) is 30.7 Å². The second-order valence-corrected chi connectivity index (χ2v) is 16.6. The molecule has 5 aliphatic heterocycles. The number of hydrogen-bond donors (Lipinski definition) is 3. The first-order valence-corrected chi connectivity index (χ1v) is 21.2. The summed E-state index contributed by atoms with van der Waals surface area (Å²) in [7, 11) is 1.59. The van der Waals surface area contributed by atoms with Gasteiger partial charge in [-0.05, 0) is 81.2 Å². The molecule has 4 N–H and O–H groups in total. The number of amides is 5. The Hall–Kier alpha value is -6.50. The van der Waals surface area contributed by atoms with Gasteiger partial charge in [-0.15, -0.1) is 0 Å². The number of nitrogens with one attached hydrogen (secondary N) is 2. The van der Waals surface area contributed by atoms with Crippen LogP contribution in [-0.2, 0) is 14.4 Å². The highest BCUT2D eigenvalue weighted by atomic mass is 19.1. The maximum atomic E-state index is 15.5. The molecule has 4 fully saturated rings. The van der Waals surface area contributed by atoms with Crippen LogP contribution >= 0.6 is 0 Å². The Labute approximate surface area is 356 Å². The molecule has 18 nitrogen and oxygen atoms in total. The molecular formula is C43H49FN10O8. The number of nitrogens with zero attached hydrogens (tertiary/aromatic N) is 7. The van der Waals surface area contributed by atoms with E-state index in [9.17, 15) is 24.0 Å². The minimum atomic E-state index is -1.11. The van der Waals surface area contributed by atoms with Crippen molar-refractivity contribution in [1.29, 1.82) is 0 Å². The number of aromatic nitrogens is 2. The van der Waals surface area contributed by atoms with Crippen LogP contribution in [0, 0.1) is 11.7 Å². The standard InChI is InChI=1S/C43H49FN10O8/c1-60-36-20-28(6-7-29(36)40-46-24-61-49-40)62-27-4-2-26(3-5-27)53-15-12-33(38(48-53)39(45)56)51-13-10-25(11-14-51)23-50-16-18-52(19-17-50)35-22-31-30(21-32(35)44)42(58)54(43(31)59)34-8-9-37(55)47-41(34)57/h6-7,12,15,20-22,24-27,34,48H,2-5,8-11,13-14,16-19,23H2,1H3,(H2,45,56)(H,47,55,57). The molecule has 3 aromatic rings. The van der Waals surface area contributed by atoms with Crippen molar-refractivity contribution in [1.82, 2.24) is 40.6 Å². The zero-order valence-electron chi connectivity index (χ0n) is 34.4. The number of carbonyl (C=O) groups excluding carboxylic acids is 5. The van der Waals surface area contributed by atoms with Gasteiger partial charge in [0.1, 0.15) is 29.1 Å². The molecule has 326 valence electrons. The van der Waals surface area contributed by atoms with E-state index in [0.717, 1.165) is 74.8 Å². The van der Waals surface area contributed by atoms with Crippen LogP contribution in [0.5, 0.6) is 11.5 Å². The molecule has 6 heterocycles. The molecule has 1 unspecified atom stereocenters. The van der Waals surface area contributed by atoms with Gasteiger partial charge in [-0.1, -0.05) is 5.16 Å². The molecule has 1 atom stereocenters. The van der Waals surface area contributed by atoms with Gasteiger partial charge in [-0.2, -0.15) is 4.98 Å². The van der Waals surface area contributed by atoms with Gasteiger partial charge in [0.05, 0.1) is 41.3 Å². The van der Waals surface area contributed by atoms with Gasteiger partial charge in [0.2, 0.25) is 24.0 Å². The van der Waals surface area contributed by atoms with Crippen molar-refractivity contribution in [2.45, 2.75) is 69.6 Å². The third kappa shape index (κ3) is 8.03. The molecule has 1 aliphatic carbocycles. The van der Waals surface area contributed by atoms with E-state index in [0.29, 0.717) is 60.7 Å². The number of anilines is 1. The Morgan fingerprint density at radius 3 is 2.32 bits per heavy atom. The molecule has 0 bridgehead atoms. The first kappa shape index (κ1) is 40.9. The van der Waals surface area contributed by atoms with Crippen LogP contribution in [0.25, 0.3) is 11.4 Å². The van der Waals surface area contributed by atoms with Gasteiger partial charge in [0.25, 0.3) is 17.7 Å². The lowest BCUT2D eigenvalue weighted by Gasteiger charge is -2.42. The Bertz CT molecular complexity index is 2310. The van der Waals surface area contributed by atoms with Gasteiger partial charge < -0.3 is 29.5 Å². The smallest absolute Gasteiger partial charge is 0.268 e. The first-order valence-electron chi connectivity index (χ1n) is 21.2. The summed E-state index contributed by atoms with van der Waals surface area (Å²) in [5.41, 5.74) is 11.4. The van der Waals surface area contributed by atoms with E-state index in [4.69, 9.17) is 19.7 Å². The fourth-order valence-corrected chi connectivity index (χ4v) is 9.58. The Kier molecular flexibility index (Phi) is 11.3. The lowest BCUT2D eigenvalue weighted by atomic mass is 9.92. The predicted octanol–water partition coefficient (Wildman–Crippen LogP) is 2.54. The average molecular weight is 853 g/mol. The second-order valence-electron chi connectivity index (χ2n) is 16.6. The first-order chi connectivity index (χ1) is 30.0. The number of carbonyl (C=O) groups is 5. The van der Waals surface area contributed by atoms with Gasteiger partial charge in [0.15, 0.2) is 0 Å². The zero-order valence-corrected chi connectivity index (χ0v) is 34.4. The summed E-state index contributed by atoms with van der Waals surface area (Å²) in [5.74, 6) is -1.48. The van der Waals surface area contributed by atoms with E-state index in [-0.39, 0.29) is 41.8 Å². The van der Waals surface area contributed by atoms with E-state index < -0.39 is 41.4 Å². The third-order valence-electron chi connectivity index (χ3n) is 12.9. The fourth-order valence-electron chi connectivity index (χ4n) is 9.58. The number of hydrazine groups is 1. The summed E-state index contributed by atoms with van der Waals surface area (Å²) in [5, 5.41) is 8.08. The summed E-state index contributed by atoms with van der Waals surface area (Å²) in [6.07, 6.45) is 10.6. The highest BCUT2D eigenvalue weighted by Gasteiger charge is 2.45.